The Morgan fingerprint density at radius 1 is 1.31 bits per heavy atom. The number of hydrogen-bond acceptors (Lipinski definition) is 5. The van der Waals surface area contributed by atoms with Crippen LogP contribution in [-0.4, -0.2) is 48.1 Å². The molecule has 1 atom stereocenters. The van der Waals surface area contributed by atoms with Gasteiger partial charge in [0.25, 0.3) is 0 Å². The van der Waals surface area contributed by atoms with Crippen LogP contribution < -0.4 is 10.1 Å². The Kier molecular flexibility index (Phi) is 7.60. The second kappa shape index (κ2) is 9.69. The fraction of sp³-hybridized carbons (Fsp3) is 0.600. The van der Waals surface area contributed by atoms with Crippen molar-refractivity contribution >= 4 is 11.9 Å². The van der Waals surface area contributed by atoms with Gasteiger partial charge < -0.3 is 15.2 Å². The van der Waals surface area contributed by atoms with Gasteiger partial charge in [-0.25, -0.2) is 0 Å². The highest BCUT2D eigenvalue weighted by atomic mass is 16.5. The first kappa shape index (κ1) is 20.4. The third-order valence-electron chi connectivity index (χ3n) is 4.68. The van der Waals surface area contributed by atoms with Crippen LogP contribution >= 0.6 is 0 Å². The molecule has 2 N–H and O–H groups in total. The topological polar surface area (TPSA) is 78.9 Å². The lowest BCUT2D eigenvalue weighted by molar-refractivity contribution is -0.132. The average molecular weight is 362 g/mol. The molecule has 0 spiro atoms. The number of likely N-dealkylation sites (tertiary alicyclic amines) is 1. The van der Waals surface area contributed by atoms with Gasteiger partial charge in [0.2, 0.25) is 5.91 Å². The number of ether oxygens (including phenoxy) is 1. The Labute approximate surface area is 155 Å². The maximum Gasteiger partial charge on any atom is 0.308 e. The first-order valence-electron chi connectivity index (χ1n) is 9.30. The van der Waals surface area contributed by atoms with Crippen molar-refractivity contribution in [2.24, 2.45) is 5.92 Å². The van der Waals surface area contributed by atoms with Crippen molar-refractivity contribution < 1.29 is 19.4 Å². The van der Waals surface area contributed by atoms with E-state index in [4.69, 9.17) is 9.84 Å². The van der Waals surface area contributed by atoms with Gasteiger partial charge >= 0.3 is 5.97 Å². The SMILES string of the molecule is CC(=O)Oc1c(C)cc(CN2CCC[C@H](C(=O)NCCCO)C2)cc1C. The predicted octanol–water partition coefficient (Wildman–Crippen LogP) is 1.94. The summed E-state index contributed by atoms with van der Waals surface area (Å²) in [5.41, 5.74) is 3.06. The van der Waals surface area contributed by atoms with Gasteiger partial charge in [-0.1, -0.05) is 12.1 Å². The van der Waals surface area contributed by atoms with Crippen LogP contribution in [0.1, 0.15) is 42.9 Å². The second-order valence-corrected chi connectivity index (χ2v) is 7.09. The molecular weight excluding hydrogens is 332 g/mol. The van der Waals surface area contributed by atoms with Crippen molar-refractivity contribution in [2.45, 2.75) is 46.6 Å². The number of piperidine rings is 1. The summed E-state index contributed by atoms with van der Waals surface area (Å²) in [6, 6.07) is 4.10. The van der Waals surface area contributed by atoms with Crippen LogP contribution in [-0.2, 0) is 16.1 Å². The minimum atomic E-state index is -0.310. The lowest BCUT2D eigenvalue weighted by Crippen LogP contribution is -2.43. The van der Waals surface area contributed by atoms with Crippen LogP contribution in [0.2, 0.25) is 0 Å². The fourth-order valence-electron chi connectivity index (χ4n) is 3.54. The Morgan fingerprint density at radius 2 is 2.00 bits per heavy atom. The summed E-state index contributed by atoms with van der Waals surface area (Å²) >= 11 is 0. The van der Waals surface area contributed by atoms with E-state index in [0.717, 1.165) is 49.2 Å². The molecule has 1 aliphatic heterocycles. The van der Waals surface area contributed by atoms with Crippen LogP contribution in [0.15, 0.2) is 12.1 Å². The monoisotopic (exact) mass is 362 g/mol. The van der Waals surface area contributed by atoms with Crippen molar-refractivity contribution in [1.82, 2.24) is 10.2 Å². The van der Waals surface area contributed by atoms with E-state index in [1.807, 2.05) is 13.8 Å². The second-order valence-electron chi connectivity index (χ2n) is 7.09. The molecule has 144 valence electrons. The van der Waals surface area contributed by atoms with Crippen LogP contribution in [0.5, 0.6) is 5.75 Å². The molecule has 1 aliphatic rings. The highest BCUT2D eigenvalue weighted by molar-refractivity contribution is 5.78. The standard InChI is InChI=1S/C20H30N2O4/c1-14-10-17(11-15(2)19(14)26-16(3)24)12-22-8-4-6-18(13-22)20(25)21-7-5-9-23/h10-11,18,23H,4-9,12-13H2,1-3H3,(H,21,25)/t18-/m0/s1. The van der Waals surface area contributed by atoms with Gasteiger partial charge in [0, 0.05) is 33.2 Å². The maximum atomic E-state index is 12.3. The Hall–Kier alpha value is -1.92. The zero-order chi connectivity index (χ0) is 19.1. The van der Waals surface area contributed by atoms with Crippen LogP contribution in [0, 0.1) is 19.8 Å². The van der Waals surface area contributed by atoms with Gasteiger partial charge in [0.1, 0.15) is 5.75 Å². The number of aliphatic hydroxyl groups excluding tert-OH is 1. The molecule has 6 nitrogen and oxygen atoms in total. The predicted molar refractivity (Wildman–Crippen MR) is 99.9 cm³/mol. The van der Waals surface area contributed by atoms with E-state index in [9.17, 15) is 9.59 Å². The zero-order valence-electron chi connectivity index (χ0n) is 16.0. The van der Waals surface area contributed by atoms with Crippen molar-refractivity contribution in [2.75, 3.05) is 26.2 Å². The van der Waals surface area contributed by atoms with Gasteiger partial charge in [-0.05, 0) is 56.3 Å². The molecule has 26 heavy (non-hydrogen) atoms. The highest BCUT2D eigenvalue weighted by Gasteiger charge is 2.25. The fourth-order valence-corrected chi connectivity index (χ4v) is 3.54. The Bertz CT molecular complexity index is 622. The summed E-state index contributed by atoms with van der Waals surface area (Å²) in [6.45, 7) is 8.43. The van der Waals surface area contributed by atoms with Gasteiger partial charge in [0.15, 0.2) is 0 Å². The Morgan fingerprint density at radius 3 is 2.62 bits per heavy atom. The molecule has 6 heteroatoms. The van der Waals surface area contributed by atoms with E-state index in [1.165, 1.54) is 6.92 Å². The summed E-state index contributed by atoms with van der Waals surface area (Å²) in [5, 5.41) is 11.7. The van der Waals surface area contributed by atoms with Crippen molar-refractivity contribution in [3.63, 3.8) is 0 Å². The summed E-state index contributed by atoms with van der Waals surface area (Å²) in [7, 11) is 0. The van der Waals surface area contributed by atoms with E-state index in [-0.39, 0.29) is 24.4 Å². The molecule has 1 heterocycles. The van der Waals surface area contributed by atoms with E-state index >= 15 is 0 Å². The van der Waals surface area contributed by atoms with Gasteiger partial charge in [-0.15, -0.1) is 0 Å². The number of benzene rings is 1. The normalized spacial score (nSPS) is 17.8. The van der Waals surface area contributed by atoms with E-state index in [0.29, 0.717) is 18.7 Å². The number of aliphatic hydroxyl groups is 1. The molecule has 0 aromatic heterocycles. The number of amides is 1. The average Bonchev–Trinajstić information content (AvgIpc) is 2.58. The van der Waals surface area contributed by atoms with E-state index in [2.05, 4.69) is 22.3 Å². The largest absolute Gasteiger partial charge is 0.426 e. The minimum Gasteiger partial charge on any atom is -0.426 e. The van der Waals surface area contributed by atoms with Crippen LogP contribution in [0.25, 0.3) is 0 Å². The number of carbonyl (C=O) groups excluding carboxylic acids is 2. The zero-order valence-corrected chi connectivity index (χ0v) is 16.0. The van der Waals surface area contributed by atoms with E-state index < -0.39 is 0 Å². The number of aryl methyl sites for hydroxylation is 2. The highest BCUT2D eigenvalue weighted by Crippen LogP contribution is 2.27. The number of hydrogen-bond donors (Lipinski definition) is 2. The molecule has 0 aliphatic carbocycles. The number of esters is 1. The smallest absolute Gasteiger partial charge is 0.308 e. The first-order valence-corrected chi connectivity index (χ1v) is 9.30. The van der Waals surface area contributed by atoms with Crippen molar-refractivity contribution in [3.05, 3.63) is 28.8 Å². The molecule has 1 aromatic rings. The number of nitrogens with one attached hydrogen (secondary N) is 1. The summed E-state index contributed by atoms with van der Waals surface area (Å²) in [6.07, 6.45) is 2.50. The van der Waals surface area contributed by atoms with Gasteiger partial charge in [-0.3, -0.25) is 14.5 Å². The molecule has 1 aromatic carbocycles. The number of rotatable bonds is 7. The number of carbonyl (C=O) groups is 2. The Balaban J connectivity index is 1.97. The van der Waals surface area contributed by atoms with Crippen molar-refractivity contribution in [3.8, 4) is 5.75 Å². The molecule has 2 rings (SSSR count). The lowest BCUT2D eigenvalue weighted by Gasteiger charge is -2.32. The quantitative estimate of drug-likeness (QED) is 0.440. The molecular formula is C20H30N2O4. The van der Waals surface area contributed by atoms with E-state index in [1.54, 1.807) is 0 Å². The molecule has 0 unspecified atom stereocenters. The van der Waals surface area contributed by atoms with Crippen molar-refractivity contribution in [1.29, 1.82) is 0 Å². The molecule has 1 amide bonds. The third kappa shape index (κ3) is 5.81. The van der Waals surface area contributed by atoms with Gasteiger partial charge in [0.05, 0.1) is 5.92 Å². The molecule has 0 bridgehead atoms. The molecule has 1 fully saturated rings. The summed E-state index contributed by atoms with van der Waals surface area (Å²) in [5.74, 6) is 0.418. The van der Waals surface area contributed by atoms with Crippen LogP contribution in [0.3, 0.4) is 0 Å². The maximum absolute atomic E-state index is 12.3. The van der Waals surface area contributed by atoms with Crippen LogP contribution in [0.4, 0.5) is 0 Å². The van der Waals surface area contributed by atoms with Gasteiger partial charge in [-0.2, -0.15) is 0 Å². The number of nitrogens with zero attached hydrogens (tertiary/aromatic N) is 1. The molecule has 0 saturated carbocycles. The summed E-state index contributed by atoms with van der Waals surface area (Å²) in [4.78, 5) is 25.8. The molecule has 0 radical (unpaired) electrons. The minimum absolute atomic E-state index is 0.00459. The summed E-state index contributed by atoms with van der Waals surface area (Å²) < 4.78 is 5.29. The first-order chi connectivity index (χ1) is 12.4. The lowest BCUT2D eigenvalue weighted by atomic mass is 9.96. The molecule has 1 saturated heterocycles. The third-order valence-corrected chi connectivity index (χ3v) is 4.68.